The van der Waals surface area contributed by atoms with E-state index in [1.165, 1.54) is 26.2 Å². The first kappa shape index (κ1) is 19.6. The minimum absolute atomic E-state index is 0.0596. The molecule has 1 spiro atoms. The molecule has 2 aliphatic heterocycles. The molecule has 3 aliphatic rings. The van der Waals surface area contributed by atoms with Crippen LogP contribution in [0.4, 0.5) is 5.69 Å². The topological polar surface area (TPSA) is 55.8 Å². The van der Waals surface area contributed by atoms with Gasteiger partial charge in [-0.3, -0.25) is 9.59 Å². The molecule has 1 aliphatic carbocycles. The first-order valence-corrected chi connectivity index (χ1v) is 11.6. The third kappa shape index (κ3) is 2.40. The van der Waals surface area contributed by atoms with Crippen LogP contribution in [0.5, 0.6) is 0 Å². The first-order valence-electron chi connectivity index (χ1n) is 10.7. The molecular weight excluding hydrogens is 398 g/mol. The third-order valence-corrected chi connectivity index (χ3v) is 8.53. The Kier molecular flexibility index (Phi) is 4.65. The fourth-order valence-corrected chi connectivity index (χ4v) is 7.35. The maximum atomic E-state index is 13.4. The Hall–Kier alpha value is -2.34. The molecule has 5 nitrogen and oxygen atoms in total. The summed E-state index contributed by atoms with van der Waals surface area (Å²) in [5.74, 6) is -0.942. The zero-order chi connectivity index (χ0) is 20.9. The monoisotopic (exact) mass is 425 g/mol. The average Bonchev–Trinajstić information content (AvgIpc) is 3.50. The van der Waals surface area contributed by atoms with Gasteiger partial charge in [0.1, 0.15) is 0 Å². The Morgan fingerprint density at radius 3 is 2.33 bits per heavy atom. The normalized spacial score (nSPS) is 25.6. The van der Waals surface area contributed by atoms with E-state index in [-0.39, 0.29) is 17.5 Å². The molecule has 5 rings (SSSR count). The van der Waals surface area contributed by atoms with E-state index in [0.717, 1.165) is 36.2 Å². The minimum atomic E-state index is -1.34. The van der Waals surface area contributed by atoms with Gasteiger partial charge in [-0.1, -0.05) is 43.5 Å². The van der Waals surface area contributed by atoms with Crippen molar-refractivity contribution in [2.45, 2.75) is 56.0 Å². The average molecular weight is 426 g/mol. The van der Waals surface area contributed by atoms with E-state index >= 15 is 0 Å². The molecule has 1 saturated carbocycles. The molecule has 2 atom stereocenters. The lowest BCUT2D eigenvalue weighted by molar-refractivity contribution is -0.171. The fourth-order valence-electron chi connectivity index (χ4n) is 6.53. The summed E-state index contributed by atoms with van der Waals surface area (Å²) in [7, 11) is 2.76. The minimum Gasteiger partial charge on any atom is -0.468 e. The number of hydrogen-bond acceptors (Lipinski definition) is 6. The Bertz CT molecular complexity index is 947. The number of ether oxygens (including phenoxy) is 2. The van der Waals surface area contributed by atoms with Crippen molar-refractivity contribution in [1.82, 2.24) is 0 Å². The number of methoxy groups -OCH3 is 2. The van der Waals surface area contributed by atoms with Crippen molar-refractivity contribution in [3.05, 3.63) is 52.2 Å². The second-order valence-electron chi connectivity index (χ2n) is 8.73. The van der Waals surface area contributed by atoms with E-state index in [9.17, 15) is 9.59 Å². The van der Waals surface area contributed by atoms with Gasteiger partial charge in [-0.25, -0.2) is 0 Å². The van der Waals surface area contributed by atoms with Crippen LogP contribution >= 0.6 is 11.3 Å². The van der Waals surface area contributed by atoms with Crippen LogP contribution in [0.1, 0.15) is 55.0 Å². The molecule has 0 N–H and O–H groups in total. The maximum Gasteiger partial charge on any atom is 0.325 e. The quantitative estimate of drug-likeness (QED) is 0.531. The Morgan fingerprint density at radius 2 is 1.70 bits per heavy atom. The molecule has 0 bridgehead atoms. The summed E-state index contributed by atoms with van der Waals surface area (Å²) in [4.78, 5) is 30.4. The van der Waals surface area contributed by atoms with E-state index in [0.29, 0.717) is 6.42 Å². The summed E-state index contributed by atoms with van der Waals surface area (Å²) in [5.41, 5.74) is 0.836. The van der Waals surface area contributed by atoms with Crippen LogP contribution in [0.25, 0.3) is 0 Å². The summed E-state index contributed by atoms with van der Waals surface area (Å²) in [6.45, 7) is 0. The number of carbonyl (C=O) groups excluding carboxylic acids is 2. The number of para-hydroxylation sites is 1. The number of hydrogen-bond donors (Lipinski definition) is 0. The summed E-state index contributed by atoms with van der Waals surface area (Å²) in [6.07, 6.45) is 5.71. The highest BCUT2D eigenvalue weighted by atomic mass is 32.1. The zero-order valence-electron chi connectivity index (χ0n) is 17.4. The standard InChI is InChI=1S/C24H27NO4S/c1-28-21(26)24(22(27)29-2)15-18(19-11-8-14-30-19)25-17-10-5-4-9-16(17)23(20(24)25)12-6-3-7-13-23/h4-5,8-11,14,18,20H,3,6-7,12-13,15H2,1-2H3/t18-,20+/m0/s1. The number of esters is 2. The SMILES string of the molecule is COC(=O)C1(C(=O)OC)C[C@@H](c2cccs2)N2c3ccccc3C3(CCCCC3)[C@@H]21. The molecule has 158 valence electrons. The van der Waals surface area contributed by atoms with Crippen LogP contribution in [0.15, 0.2) is 41.8 Å². The molecule has 0 amide bonds. The van der Waals surface area contributed by atoms with Crippen LogP contribution < -0.4 is 4.90 Å². The van der Waals surface area contributed by atoms with E-state index in [1.807, 2.05) is 6.07 Å². The number of fused-ring (bicyclic) bond motifs is 5. The van der Waals surface area contributed by atoms with Gasteiger partial charge in [0.05, 0.1) is 26.3 Å². The summed E-state index contributed by atoms with van der Waals surface area (Å²) >= 11 is 1.67. The van der Waals surface area contributed by atoms with Crippen molar-refractivity contribution in [2.24, 2.45) is 5.41 Å². The molecule has 0 radical (unpaired) electrons. The number of anilines is 1. The Labute approximate surface area is 181 Å². The van der Waals surface area contributed by atoms with E-state index in [2.05, 4.69) is 40.6 Å². The van der Waals surface area contributed by atoms with Gasteiger partial charge in [-0.2, -0.15) is 0 Å². The van der Waals surface area contributed by atoms with E-state index in [1.54, 1.807) is 11.3 Å². The fraction of sp³-hybridized carbons (Fsp3) is 0.500. The van der Waals surface area contributed by atoms with Crippen molar-refractivity contribution < 1.29 is 19.1 Å². The van der Waals surface area contributed by atoms with Gasteiger partial charge in [-0.05, 0) is 35.9 Å². The molecule has 30 heavy (non-hydrogen) atoms. The van der Waals surface area contributed by atoms with Gasteiger partial charge in [-0.15, -0.1) is 11.3 Å². The van der Waals surface area contributed by atoms with Gasteiger partial charge in [0.15, 0.2) is 5.41 Å². The third-order valence-electron chi connectivity index (χ3n) is 7.55. The lowest BCUT2D eigenvalue weighted by atomic mass is 9.59. The number of nitrogens with zero attached hydrogens (tertiary/aromatic N) is 1. The predicted octanol–water partition coefficient (Wildman–Crippen LogP) is 4.62. The van der Waals surface area contributed by atoms with Crippen LogP contribution in [0, 0.1) is 5.41 Å². The number of thiophene rings is 1. The summed E-state index contributed by atoms with van der Waals surface area (Å²) in [5, 5.41) is 2.05. The van der Waals surface area contributed by atoms with Gasteiger partial charge in [0.25, 0.3) is 0 Å². The molecule has 1 aromatic carbocycles. The number of carbonyl (C=O) groups is 2. The summed E-state index contributed by atoms with van der Waals surface area (Å²) in [6, 6.07) is 12.3. The van der Waals surface area contributed by atoms with Gasteiger partial charge < -0.3 is 14.4 Å². The van der Waals surface area contributed by atoms with E-state index in [4.69, 9.17) is 9.47 Å². The van der Waals surface area contributed by atoms with Crippen molar-refractivity contribution in [3.63, 3.8) is 0 Å². The lowest BCUT2D eigenvalue weighted by Crippen LogP contribution is -2.58. The smallest absolute Gasteiger partial charge is 0.325 e. The molecule has 6 heteroatoms. The molecule has 0 unspecified atom stereocenters. The van der Waals surface area contributed by atoms with Crippen molar-refractivity contribution in [2.75, 3.05) is 19.1 Å². The maximum absolute atomic E-state index is 13.4. The lowest BCUT2D eigenvalue weighted by Gasteiger charge is -2.45. The highest BCUT2D eigenvalue weighted by molar-refractivity contribution is 7.10. The second kappa shape index (κ2) is 7.12. The largest absolute Gasteiger partial charge is 0.468 e. The highest BCUT2D eigenvalue weighted by Crippen LogP contribution is 2.66. The van der Waals surface area contributed by atoms with Gasteiger partial charge in [0, 0.05) is 22.4 Å². The number of benzene rings is 1. The first-order chi connectivity index (χ1) is 14.6. The molecule has 2 aromatic rings. The zero-order valence-corrected chi connectivity index (χ0v) is 18.2. The Balaban J connectivity index is 1.79. The molecule has 2 fully saturated rings. The molecule has 3 heterocycles. The van der Waals surface area contributed by atoms with Crippen LogP contribution in [0.3, 0.4) is 0 Å². The van der Waals surface area contributed by atoms with Crippen LogP contribution in [-0.4, -0.2) is 32.2 Å². The van der Waals surface area contributed by atoms with Crippen molar-refractivity contribution >= 4 is 29.0 Å². The van der Waals surface area contributed by atoms with Gasteiger partial charge >= 0.3 is 11.9 Å². The molecule has 1 aromatic heterocycles. The molecule has 1 saturated heterocycles. The summed E-state index contributed by atoms with van der Waals surface area (Å²) < 4.78 is 10.6. The van der Waals surface area contributed by atoms with Gasteiger partial charge in [0.2, 0.25) is 0 Å². The van der Waals surface area contributed by atoms with E-state index < -0.39 is 17.4 Å². The van der Waals surface area contributed by atoms with Crippen molar-refractivity contribution in [1.29, 1.82) is 0 Å². The number of rotatable bonds is 3. The van der Waals surface area contributed by atoms with Crippen LogP contribution in [-0.2, 0) is 24.5 Å². The predicted molar refractivity (Wildman–Crippen MR) is 116 cm³/mol. The second-order valence-corrected chi connectivity index (χ2v) is 9.71. The molecular formula is C24H27NO4S. The highest BCUT2D eigenvalue weighted by Gasteiger charge is 2.72. The van der Waals surface area contributed by atoms with Crippen molar-refractivity contribution in [3.8, 4) is 0 Å². The van der Waals surface area contributed by atoms with Crippen LogP contribution in [0.2, 0.25) is 0 Å². The Morgan fingerprint density at radius 1 is 1.00 bits per heavy atom.